The second-order valence-corrected chi connectivity index (χ2v) is 4.12. The summed E-state index contributed by atoms with van der Waals surface area (Å²) >= 11 is 0. The second-order valence-electron chi connectivity index (χ2n) is 4.12. The summed E-state index contributed by atoms with van der Waals surface area (Å²) in [5.74, 6) is -1.06. The number of aliphatic carboxylic acids is 1. The lowest BCUT2D eigenvalue weighted by molar-refractivity contribution is -0.135. The standard InChI is InChI=1S/C14H18N2O3/c1-3-4-9-15-14(19)16(10-13(17)18)12-7-5-11(2)6-8-12/h3,5-8H,1,4,9-10H2,2H3,(H,15,19)(H,17,18). The van der Waals surface area contributed by atoms with Crippen LogP contribution in [0, 0.1) is 6.92 Å². The zero-order valence-corrected chi connectivity index (χ0v) is 10.9. The molecule has 0 aliphatic heterocycles. The van der Waals surface area contributed by atoms with Gasteiger partial charge in [0.1, 0.15) is 6.54 Å². The number of nitrogens with one attached hydrogen (secondary N) is 1. The maximum atomic E-state index is 12.0. The van der Waals surface area contributed by atoms with E-state index in [1.54, 1.807) is 18.2 Å². The fourth-order valence-electron chi connectivity index (χ4n) is 1.52. The molecule has 0 aliphatic carbocycles. The SMILES string of the molecule is C=CCCNC(=O)N(CC(=O)O)c1ccc(C)cc1. The largest absolute Gasteiger partial charge is 0.480 e. The van der Waals surface area contributed by atoms with E-state index in [4.69, 9.17) is 5.11 Å². The maximum absolute atomic E-state index is 12.0. The van der Waals surface area contributed by atoms with Gasteiger partial charge in [0.2, 0.25) is 0 Å². The van der Waals surface area contributed by atoms with Gasteiger partial charge in [-0.1, -0.05) is 23.8 Å². The monoisotopic (exact) mass is 262 g/mol. The molecule has 19 heavy (non-hydrogen) atoms. The van der Waals surface area contributed by atoms with Gasteiger partial charge in [0, 0.05) is 12.2 Å². The first-order valence-electron chi connectivity index (χ1n) is 5.99. The van der Waals surface area contributed by atoms with Crippen molar-refractivity contribution >= 4 is 17.7 Å². The van der Waals surface area contributed by atoms with Crippen molar-refractivity contribution in [1.82, 2.24) is 5.32 Å². The second kappa shape index (κ2) is 7.20. The first-order valence-corrected chi connectivity index (χ1v) is 5.99. The maximum Gasteiger partial charge on any atom is 0.323 e. The van der Waals surface area contributed by atoms with E-state index in [9.17, 15) is 9.59 Å². The molecule has 2 amide bonds. The number of amides is 2. The van der Waals surface area contributed by atoms with Gasteiger partial charge in [0.25, 0.3) is 0 Å². The lowest BCUT2D eigenvalue weighted by atomic mass is 10.2. The van der Waals surface area contributed by atoms with Gasteiger partial charge < -0.3 is 10.4 Å². The molecular formula is C14H18N2O3. The van der Waals surface area contributed by atoms with E-state index in [1.165, 1.54) is 4.90 Å². The van der Waals surface area contributed by atoms with Crippen LogP contribution in [0.4, 0.5) is 10.5 Å². The van der Waals surface area contributed by atoms with Crippen LogP contribution in [0.1, 0.15) is 12.0 Å². The van der Waals surface area contributed by atoms with Crippen LogP contribution in [0.5, 0.6) is 0 Å². The number of aryl methyl sites for hydroxylation is 1. The van der Waals surface area contributed by atoms with Crippen molar-refractivity contribution in [2.24, 2.45) is 0 Å². The van der Waals surface area contributed by atoms with Gasteiger partial charge in [-0.05, 0) is 25.5 Å². The molecule has 0 radical (unpaired) electrons. The number of hydrogen-bond acceptors (Lipinski definition) is 2. The number of carbonyl (C=O) groups excluding carboxylic acids is 1. The third-order valence-electron chi connectivity index (χ3n) is 2.51. The zero-order valence-electron chi connectivity index (χ0n) is 10.9. The Balaban J connectivity index is 2.81. The Bertz CT molecular complexity index is 454. The number of urea groups is 1. The molecule has 5 nitrogen and oxygen atoms in total. The van der Waals surface area contributed by atoms with E-state index in [2.05, 4.69) is 11.9 Å². The fraction of sp³-hybridized carbons (Fsp3) is 0.286. The quantitative estimate of drug-likeness (QED) is 0.609. The lowest BCUT2D eigenvalue weighted by Crippen LogP contribution is -2.43. The number of nitrogens with zero attached hydrogens (tertiary/aromatic N) is 1. The van der Waals surface area contributed by atoms with E-state index >= 15 is 0 Å². The molecule has 0 unspecified atom stereocenters. The molecular weight excluding hydrogens is 244 g/mol. The van der Waals surface area contributed by atoms with Gasteiger partial charge in [-0.15, -0.1) is 6.58 Å². The molecule has 0 heterocycles. The van der Waals surface area contributed by atoms with Gasteiger partial charge in [-0.2, -0.15) is 0 Å². The van der Waals surface area contributed by atoms with E-state index in [-0.39, 0.29) is 6.54 Å². The van der Waals surface area contributed by atoms with E-state index in [0.717, 1.165) is 5.56 Å². The Morgan fingerprint density at radius 1 is 1.37 bits per heavy atom. The molecule has 5 heteroatoms. The van der Waals surface area contributed by atoms with Crippen molar-refractivity contribution in [2.75, 3.05) is 18.0 Å². The summed E-state index contributed by atoms with van der Waals surface area (Å²) in [5, 5.41) is 11.5. The zero-order chi connectivity index (χ0) is 14.3. The lowest BCUT2D eigenvalue weighted by Gasteiger charge is -2.21. The summed E-state index contributed by atoms with van der Waals surface area (Å²) in [7, 11) is 0. The summed E-state index contributed by atoms with van der Waals surface area (Å²) in [5.41, 5.74) is 1.61. The number of anilines is 1. The van der Waals surface area contributed by atoms with Gasteiger partial charge in [-0.25, -0.2) is 4.79 Å². The minimum atomic E-state index is -1.06. The van der Waals surface area contributed by atoms with Crippen LogP contribution >= 0.6 is 0 Å². The summed E-state index contributed by atoms with van der Waals surface area (Å²) in [6.45, 7) is 5.55. The van der Waals surface area contributed by atoms with Crippen molar-refractivity contribution in [1.29, 1.82) is 0 Å². The van der Waals surface area contributed by atoms with Crippen LogP contribution < -0.4 is 10.2 Å². The molecule has 1 aromatic rings. The average molecular weight is 262 g/mol. The Morgan fingerprint density at radius 3 is 2.53 bits per heavy atom. The molecule has 0 bridgehead atoms. The Kier molecular flexibility index (Phi) is 5.60. The third-order valence-corrected chi connectivity index (χ3v) is 2.51. The van der Waals surface area contributed by atoms with Crippen molar-refractivity contribution < 1.29 is 14.7 Å². The molecule has 102 valence electrons. The minimum absolute atomic E-state index is 0.372. The van der Waals surface area contributed by atoms with Crippen molar-refractivity contribution in [3.05, 3.63) is 42.5 Å². The van der Waals surface area contributed by atoms with E-state index in [0.29, 0.717) is 18.7 Å². The molecule has 0 atom stereocenters. The first-order chi connectivity index (χ1) is 9.04. The van der Waals surface area contributed by atoms with Crippen LogP contribution in [0.3, 0.4) is 0 Å². The number of carbonyl (C=O) groups is 2. The van der Waals surface area contributed by atoms with Crippen LogP contribution in [0.2, 0.25) is 0 Å². The smallest absolute Gasteiger partial charge is 0.323 e. The number of carboxylic acids is 1. The molecule has 0 saturated carbocycles. The summed E-state index contributed by atoms with van der Waals surface area (Å²) in [6.07, 6.45) is 2.33. The molecule has 0 saturated heterocycles. The molecule has 0 aliphatic rings. The van der Waals surface area contributed by atoms with Crippen LogP contribution in [0.15, 0.2) is 36.9 Å². The highest BCUT2D eigenvalue weighted by Gasteiger charge is 2.17. The highest BCUT2D eigenvalue weighted by atomic mass is 16.4. The Hall–Kier alpha value is -2.30. The molecule has 0 fully saturated rings. The predicted molar refractivity (Wildman–Crippen MR) is 74.4 cm³/mol. The van der Waals surface area contributed by atoms with Crippen LogP contribution in [-0.4, -0.2) is 30.2 Å². The van der Waals surface area contributed by atoms with Crippen molar-refractivity contribution in [3.63, 3.8) is 0 Å². The summed E-state index contributed by atoms with van der Waals surface area (Å²) < 4.78 is 0. The Morgan fingerprint density at radius 2 is 2.00 bits per heavy atom. The van der Waals surface area contributed by atoms with Gasteiger partial charge in [0.05, 0.1) is 0 Å². The van der Waals surface area contributed by atoms with Crippen molar-refractivity contribution in [3.8, 4) is 0 Å². The average Bonchev–Trinajstić information content (AvgIpc) is 2.37. The molecule has 2 N–H and O–H groups in total. The molecule has 1 rings (SSSR count). The third kappa shape index (κ3) is 4.83. The number of carboxylic acid groups (broad SMARTS) is 1. The number of hydrogen-bond donors (Lipinski definition) is 2. The van der Waals surface area contributed by atoms with E-state index < -0.39 is 12.0 Å². The molecule has 0 spiro atoms. The summed E-state index contributed by atoms with van der Waals surface area (Å²) in [4.78, 5) is 24.0. The summed E-state index contributed by atoms with van der Waals surface area (Å²) in [6, 6.07) is 6.70. The van der Waals surface area contributed by atoms with E-state index in [1.807, 2.05) is 19.1 Å². The van der Waals surface area contributed by atoms with Gasteiger partial charge in [-0.3, -0.25) is 9.69 Å². The minimum Gasteiger partial charge on any atom is -0.480 e. The van der Waals surface area contributed by atoms with Gasteiger partial charge >= 0.3 is 12.0 Å². The predicted octanol–water partition coefficient (Wildman–Crippen LogP) is 2.17. The van der Waals surface area contributed by atoms with Crippen molar-refractivity contribution in [2.45, 2.75) is 13.3 Å². The first kappa shape index (κ1) is 14.8. The number of benzene rings is 1. The van der Waals surface area contributed by atoms with Crippen LogP contribution in [-0.2, 0) is 4.79 Å². The number of rotatable bonds is 6. The topological polar surface area (TPSA) is 69.6 Å². The highest BCUT2D eigenvalue weighted by Crippen LogP contribution is 2.15. The normalized spacial score (nSPS) is 9.74. The molecule has 0 aromatic heterocycles. The Labute approximate surface area is 112 Å². The van der Waals surface area contributed by atoms with Crippen LogP contribution in [0.25, 0.3) is 0 Å². The highest BCUT2D eigenvalue weighted by molar-refractivity contribution is 5.96. The molecule has 1 aromatic carbocycles. The fourth-order valence-corrected chi connectivity index (χ4v) is 1.52. The van der Waals surface area contributed by atoms with Gasteiger partial charge in [0.15, 0.2) is 0 Å².